The first kappa shape index (κ1) is 16.2. The molecule has 1 amide bonds. The zero-order valence-electron chi connectivity index (χ0n) is 12.4. The minimum absolute atomic E-state index is 0.148. The molecule has 1 N–H and O–H groups in total. The van der Waals surface area contributed by atoms with E-state index in [9.17, 15) is 23.1 Å². The van der Waals surface area contributed by atoms with E-state index in [2.05, 4.69) is 0 Å². The molecule has 2 fully saturated rings. The summed E-state index contributed by atoms with van der Waals surface area (Å²) < 4.78 is 24.9. The van der Waals surface area contributed by atoms with E-state index >= 15 is 0 Å². The first-order chi connectivity index (χ1) is 9.65. The number of carbonyl (C=O) groups excluding carboxylic acids is 1. The zero-order chi connectivity index (χ0) is 15.8. The number of likely N-dealkylation sites (tertiary alicyclic amines) is 1. The van der Waals surface area contributed by atoms with Gasteiger partial charge in [0, 0.05) is 19.6 Å². The molecule has 0 saturated carbocycles. The largest absolute Gasteiger partial charge is 0.481 e. The smallest absolute Gasteiger partial charge is 0.311 e. The Morgan fingerprint density at radius 3 is 2.43 bits per heavy atom. The summed E-state index contributed by atoms with van der Waals surface area (Å²) in [6, 6.07) is -0.676. The maximum atomic E-state index is 12.6. The lowest BCUT2D eigenvalue weighted by Gasteiger charge is -2.35. The molecule has 8 heteroatoms. The molecular formula is C13H22N2O5S. The highest BCUT2D eigenvalue weighted by Crippen LogP contribution is 2.32. The van der Waals surface area contributed by atoms with Crippen LogP contribution in [0.1, 0.15) is 32.6 Å². The van der Waals surface area contributed by atoms with Crippen LogP contribution >= 0.6 is 0 Å². The van der Waals surface area contributed by atoms with Crippen LogP contribution in [0.5, 0.6) is 0 Å². The molecule has 0 bridgehead atoms. The van der Waals surface area contributed by atoms with Crippen LogP contribution in [-0.2, 0) is 19.6 Å². The molecule has 0 spiro atoms. The van der Waals surface area contributed by atoms with Crippen molar-refractivity contribution in [3.05, 3.63) is 0 Å². The van der Waals surface area contributed by atoms with Gasteiger partial charge in [0.2, 0.25) is 15.9 Å². The minimum atomic E-state index is -3.43. The number of sulfonamides is 1. The van der Waals surface area contributed by atoms with Crippen molar-refractivity contribution in [1.29, 1.82) is 0 Å². The monoisotopic (exact) mass is 318 g/mol. The lowest BCUT2D eigenvalue weighted by molar-refractivity contribution is -0.147. The van der Waals surface area contributed by atoms with Gasteiger partial charge < -0.3 is 10.0 Å². The van der Waals surface area contributed by atoms with Gasteiger partial charge in [0.15, 0.2) is 0 Å². The Hall–Kier alpha value is -1.15. The zero-order valence-corrected chi connectivity index (χ0v) is 13.2. The number of hydrogen-bond donors (Lipinski definition) is 1. The van der Waals surface area contributed by atoms with Crippen molar-refractivity contribution in [3.8, 4) is 0 Å². The highest BCUT2D eigenvalue weighted by atomic mass is 32.2. The van der Waals surface area contributed by atoms with Gasteiger partial charge in [0.25, 0.3) is 0 Å². The maximum Gasteiger partial charge on any atom is 0.311 e. The molecule has 2 aliphatic rings. The van der Waals surface area contributed by atoms with Crippen molar-refractivity contribution >= 4 is 21.9 Å². The Morgan fingerprint density at radius 1 is 1.24 bits per heavy atom. The molecule has 0 aromatic rings. The van der Waals surface area contributed by atoms with Crippen LogP contribution < -0.4 is 0 Å². The maximum absolute atomic E-state index is 12.6. The number of carboxylic acids is 1. The molecule has 0 aliphatic carbocycles. The molecule has 0 aromatic heterocycles. The Balaban J connectivity index is 2.14. The fourth-order valence-electron chi connectivity index (χ4n) is 3.08. The molecule has 2 rings (SSSR count). The number of aliphatic carboxylic acids is 1. The Kier molecular flexibility index (Phi) is 4.30. The molecule has 2 aliphatic heterocycles. The van der Waals surface area contributed by atoms with E-state index in [1.165, 1.54) is 9.21 Å². The second kappa shape index (κ2) is 5.57. The number of nitrogens with zero attached hydrogens (tertiary/aromatic N) is 2. The molecule has 0 aromatic carbocycles. The standard InChI is InChI=1S/C13H22N2O5S/c1-13(12(17)18)6-8-14(9-13)11(16)10-5-3-4-7-15(10)21(2,19)20/h10H,3-9H2,1-2H3,(H,17,18)/t10-,13-/m0/s1. The lowest BCUT2D eigenvalue weighted by Crippen LogP contribution is -2.52. The van der Waals surface area contributed by atoms with Crippen LogP contribution in [0.2, 0.25) is 0 Å². The molecule has 21 heavy (non-hydrogen) atoms. The second-order valence-electron chi connectivity index (χ2n) is 6.26. The molecule has 0 unspecified atom stereocenters. The van der Waals surface area contributed by atoms with E-state index in [4.69, 9.17) is 0 Å². The lowest BCUT2D eigenvalue weighted by atomic mass is 9.90. The first-order valence-corrected chi connectivity index (χ1v) is 8.99. The van der Waals surface area contributed by atoms with Gasteiger partial charge in [-0.1, -0.05) is 6.42 Å². The third-order valence-electron chi connectivity index (χ3n) is 4.47. The third-order valence-corrected chi connectivity index (χ3v) is 5.76. The minimum Gasteiger partial charge on any atom is -0.481 e. The van der Waals surface area contributed by atoms with Crippen LogP contribution in [0.15, 0.2) is 0 Å². The summed E-state index contributed by atoms with van der Waals surface area (Å²) in [5, 5.41) is 9.22. The van der Waals surface area contributed by atoms with E-state index < -0.39 is 27.4 Å². The third kappa shape index (κ3) is 3.21. The molecule has 2 atom stereocenters. The summed E-state index contributed by atoms with van der Waals surface area (Å²) in [6.45, 7) is 2.50. The second-order valence-corrected chi connectivity index (χ2v) is 8.20. The SMILES string of the molecule is C[C@]1(C(=O)O)CCN(C(=O)[C@@H]2CCCCN2S(C)(=O)=O)C1. The Morgan fingerprint density at radius 2 is 1.90 bits per heavy atom. The topological polar surface area (TPSA) is 95.0 Å². The normalized spacial score (nSPS) is 31.3. The number of piperidine rings is 1. The summed E-state index contributed by atoms with van der Waals surface area (Å²) >= 11 is 0. The quantitative estimate of drug-likeness (QED) is 0.798. The number of rotatable bonds is 3. The van der Waals surface area contributed by atoms with Crippen LogP contribution in [0.3, 0.4) is 0 Å². The van der Waals surface area contributed by atoms with Crippen molar-refractivity contribution in [2.75, 3.05) is 25.9 Å². The summed E-state index contributed by atoms with van der Waals surface area (Å²) in [6.07, 6.45) is 3.59. The molecule has 120 valence electrons. The summed E-state index contributed by atoms with van der Waals surface area (Å²) in [5.74, 6) is -1.17. The van der Waals surface area contributed by atoms with Crippen molar-refractivity contribution in [2.45, 2.75) is 38.6 Å². The molecule has 7 nitrogen and oxygen atoms in total. The van der Waals surface area contributed by atoms with Crippen LogP contribution in [0.25, 0.3) is 0 Å². The predicted octanol–water partition coefficient (Wildman–Crippen LogP) is 0.124. The fourth-order valence-corrected chi connectivity index (χ4v) is 4.20. The number of hydrogen-bond acceptors (Lipinski definition) is 4. The number of carbonyl (C=O) groups is 2. The van der Waals surface area contributed by atoms with Gasteiger partial charge in [0.05, 0.1) is 11.7 Å². The summed E-state index contributed by atoms with van der Waals surface area (Å²) in [4.78, 5) is 25.3. The van der Waals surface area contributed by atoms with Crippen molar-refractivity contribution < 1.29 is 23.1 Å². The van der Waals surface area contributed by atoms with Gasteiger partial charge in [-0.05, 0) is 26.2 Å². The highest BCUT2D eigenvalue weighted by Gasteiger charge is 2.45. The number of carboxylic acid groups (broad SMARTS) is 1. The average molecular weight is 318 g/mol. The van der Waals surface area contributed by atoms with Crippen molar-refractivity contribution in [2.24, 2.45) is 5.41 Å². The van der Waals surface area contributed by atoms with E-state index in [0.29, 0.717) is 25.9 Å². The average Bonchev–Trinajstić information content (AvgIpc) is 2.81. The summed E-state index contributed by atoms with van der Waals surface area (Å²) in [7, 11) is -3.43. The molecule has 2 heterocycles. The van der Waals surface area contributed by atoms with Crippen molar-refractivity contribution in [1.82, 2.24) is 9.21 Å². The highest BCUT2D eigenvalue weighted by molar-refractivity contribution is 7.88. The molecular weight excluding hydrogens is 296 g/mol. The van der Waals surface area contributed by atoms with E-state index in [0.717, 1.165) is 19.1 Å². The fraction of sp³-hybridized carbons (Fsp3) is 0.846. The predicted molar refractivity (Wildman–Crippen MR) is 76.1 cm³/mol. The van der Waals surface area contributed by atoms with Crippen molar-refractivity contribution in [3.63, 3.8) is 0 Å². The van der Waals surface area contributed by atoms with E-state index in [1.807, 2.05) is 0 Å². The first-order valence-electron chi connectivity index (χ1n) is 7.14. The van der Waals surface area contributed by atoms with Gasteiger partial charge in [-0.2, -0.15) is 4.31 Å². The van der Waals surface area contributed by atoms with Crippen LogP contribution in [-0.4, -0.2) is 66.5 Å². The van der Waals surface area contributed by atoms with Gasteiger partial charge in [-0.25, -0.2) is 8.42 Å². The van der Waals surface area contributed by atoms with Gasteiger partial charge in [-0.15, -0.1) is 0 Å². The number of amides is 1. The van der Waals surface area contributed by atoms with Gasteiger partial charge in [0.1, 0.15) is 6.04 Å². The Labute approximate surface area is 125 Å². The van der Waals surface area contributed by atoms with Gasteiger partial charge in [-0.3, -0.25) is 9.59 Å². The van der Waals surface area contributed by atoms with Crippen LogP contribution in [0, 0.1) is 5.41 Å². The van der Waals surface area contributed by atoms with E-state index in [-0.39, 0.29) is 12.5 Å². The van der Waals surface area contributed by atoms with Gasteiger partial charge >= 0.3 is 5.97 Å². The van der Waals surface area contributed by atoms with Crippen LogP contribution in [0.4, 0.5) is 0 Å². The van der Waals surface area contributed by atoms with E-state index in [1.54, 1.807) is 6.92 Å². The Bertz CT molecular complexity index is 547. The summed E-state index contributed by atoms with van der Waals surface area (Å²) in [5.41, 5.74) is -0.930. The molecule has 2 saturated heterocycles. The molecule has 0 radical (unpaired) electrons.